The van der Waals surface area contributed by atoms with Gasteiger partial charge in [-0.3, -0.25) is 0 Å². The summed E-state index contributed by atoms with van der Waals surface area (Å²) >= 11 is 0. The second-order valence-corrected chi connectivity index (χ2v) is 9.58. The minimum absolute atomic E-state index is 0.00778. The Balaban J connectivity index is 1.13. The molecule has 0 aromatic heterocycles. The first-order valence-electron chi connectivity index (χ1n) is 12.8. The molecule has 2 aliphatic rings. The predicted molar refractivity (Wildman–Crippen MR) is 146 cm³/mol. The number of imide groups is 1. The summed E-state index contributed by atoms with van der Waals surface area (Å²) < 4.78 is 11.3. The summed E-state index contributed by atoms with van der Waals surface area (Å²) in [5.74, 6) is -0.101. The third-order valence-electron chi connectivity index (χ3n) is 7.43. The normalized spacial score (nSPS) is 12.8. The van der Waals surface area contributed by atoms with Gasteiger partial charge in [0.05, 0.1) is 0 Å². The van der Waals surface area contributed by atoms with E-state index < -0.39 is 12.2 Å². The lowest BCUT2D eigenvalue weighted by Gasteiger charge is -2.21. The number of rotatable bonds is 6. The lowest BCUT2D eigenvalue weighted by molar-refractivity contribution is 0.0727. The fourth-order valence-corrected chi connectivity index (χ4v) is 5.63. The Morgan fingerprint density at radius 2 is 1.34 bits per heavy atom. The molecule has 0 spiro atoms. The number of carbonyl (C=O) groups is 2. The van der Waals surface area contributed by atoms with Gasteiger partial charge in [0.25, 0.3) is 0 Å². The molecule has 2 N–H and O–H groups in total. The van der Waals surface area contributed by atoms with E-state index in [4.69, 9.17) is 15.2 Å². The maximum Gasteiger partial charge on any atom is 0.419 e. The molecule has 0 saturated carbocycles. The van der Waals surface area contributed by atoms with Crippen LogP contribution in [0.5, 0.6) is 0 Å². The predicted octanol–water partition coefficient (Wildman–Crippen LogP) is 6.10. The van der Waals surface area contributed by atoms with Gasteiger partial charge in [0, 0.05) is 19.0 Å². The molecule has 0 atom stereocenters. The largest absolute Gasteiger partial charge is 0.448 e. The third kappa shape index (κ3) is 4.23. The van der Waals surface area contributed by atoms with Crippen molar-refractivity contribution in [3.63, 3.8) is 0 Å². The molecule has 190 valence electrons. The van der Waals surface area contributed by atoms with Crippen LogP contribution in [-0.4, -0.2) is 36.8 Å². The van der Waals surface area contributed by atoms with E-state index in [2.05, 4.69) is 42.5 Å². The van der Waals surface area contributed by atoms with Gasteiger partial charge < -0.3 is 15.2 Å². The van der Waals surface area contributed by atoms with Crippen LogP contribution < -0.4 is 5.73 Å². The van der Waals surface area contributed by atoms with Crippen LogP contribution in [0.2, 0.25) is 0 Å². The molecule has 0 aliphatic heterocycles. The number of hydrogen-bond donors (Lipinski definition) is 1. The third-order valence-corrected chi connectivity index (χ3v) is 7.43. The van der Waals surface area contributed by atoms with E-state index in [9.17, 15) is 9.59 Å². The van der Waals surface area contributed by atoms with Gasteiger partial charge in [-0.05, 0) is 56.5 Å². The number of hydrogen-bond acceptors (Lipinski definition) is 5. The highest BCUT2D eigenvalue weighted by Crippen LogP contribution is 2.44. The van der Waals surface area contributed by atoms with E-state index in [0.29, 0.717) is 0 Å². The van der Waals surface area contributed by atoms with Crippen LogP contribution in [0, 0.1) is 0 Å². The van der Waals surface area contributed by atoms with Crippen LogP contribution in [0.3, 0.4) is 0 Å². The highest BCUT2D eigenvalue weighted by molar-refractivity contribution is 5.88. The number of benzene rings is 4. The van der Waals surface area contributed by atoms with Crippen molar-refractivity contribution in [1.82, 2.24) is 4.90 Å². The zero-order valence-electron chi connectivity index (χ0n) is 20.9. The van der Waals surface area contributed by atoms with Gasteiger partial charge in [-0.2, -0.15) is 0 Å². The average Bonchev–Trinajstić information content (AvgIpc) is 3.49. The molecule has 0 saturated heterocycles. The van der Waals surface area contributed by atoms with E-state index in [1.165, 1.54) is 11.1 Å². The van der Waals surface area contributed by atoms with Gasteiger partial charge in [0.2, 0.25) is 0 Å². The fraction of sp³-hybridized carbons (Fsp3) is 0.188. The Morgan fingerprint density at radius 3 is 2.05 bits per heavy atom. The van der Waals surface area contributed by atoms with Gasteiger partial charge in [-0.1, -0.05) is 91.0 Å². The molecule has 38 heavy (non-hydrogen) atoms. The number of nitrogens with two attached hydrogens (primary N) is 1. The Morgan fingerprint density at radius 1 is 0.737 bits per heavy atom. The number of carbonyl (C=O) groups excluding carboxylic acids is 2. The second kappa shape index (κ2) is 10.1. The monoisotopic (exact) mass is 504 g/mol. The number of ether oxygens (including phenoxy) is 2. The lowest BCUT2D eigenvalue weighted by atomic mass is 9.98. The fourth-order valence-electron chi connectivity index (χ4n) is 5.63. The van der Waals surface area contributed by atoms with Crippen molar-refractivity contribution in [3.05, 3.63) is 119 Å². The van der Waals surface area contributed by atoms with E-state index in [0.717, 1.165) is 50.3 Å². The first kappa shape index (κ1) is 23.9. The maximum absolute atomic E-state index is 13.0. The van der Waals surface area contributed by atoms with Gasteiger partial charge >= 0.3 is 12.2 Å². The summed E-state index contributed by atoms with van der Waals surface area (Å²) in [5.41, 5.74) is 15.9. The smallest absolute Gasteiger partial charge is 0.419 e. The molecule has 0 bridgehead atoms. The minimum atomic E-state index is -0.763. The summed E-state index contributed by atoms with van der Waals surface area (Å²) in [6.45, 7) is 0.294. The molecule has 0 radical (unpaired) electrons. The van der Waals surface area contributed by atoms with Gasteiger partial charge in [-0.15, -0.1) is 0 Å². The molecular weight excluding hydrogens is 476 g/mol. The molecule has 6 nitrogen and oxygen atoms in total. The van der Waals surface area contributed by atoms with Crippen molar-refractivity contribution < 1.29 is 19.1 Å². The number of fused-ring (bicyclic) bond motifs is 6. The Hall–Kier alpha value is -4.42. The van der Waals surface area contributed by atoms with Crippen molar-refractivity contribution in [2.24, 2.45) is 5.73 Å². The quantitative estimate of drug-likeness (QED) is 0.302. The molecular formula is C32H28N2O4. The molecule has 6 rings (SSSR count). The summed E-state index contributed by atoms with van der Waals surface area (Å²) in [6, 6.07) is 30.5. The maximum atomic E-state index is 13.0. The van der Waals surface area contributed by atoms with Crippen molar-refractivity contribution >= 4 is 12.2 Å². The molecule has 2 aliphatic carbocycles. The minimum Gasteiger partial charge on any atom is -0.448 e. The van der Waals surface area contributed by atoms with Gasteiger partial charge in [0.1, 0.15) is 13.2 Å². The topological polar surface area (TPSA) is 81.9 Å². The summed E-state index contributed by atoms with van der Waals surface area (Å²) in [5, 5.41) is 0. The van der Waals surface area contributed by atoms with Crippen LogP contribution in [0.4, 0.5) is 9.59 Å². The molecule has 0 heterocycles. The van der Waals surface area contributed by atoms with Crippen LogP contribution in [0.15, 0.2) is 91.0 Å². The Bertz CT molecular complexity index is 1480. The van der Waals surface area contributed by atoms with Crippen molar-refractivity contribution in [2.45, 2.75) is 18.9 Å². The summed E-state index contributed by atoms with van der Waals surface area (Å²) in [4.78, 5) is 27.0. The zero-order valence-corrected chi connectivity index (χ0v) is 20.9. The first-order valence-corrected chi connectivity index (χ1v) is 12.8. The molecule has 6 heteroatoms. The van der Waals surface area contributed by atoms with Crippen LogP contribution >= 0.6 is 0 Å². The van der Waals surface area contributed by atoms with E-state index in [-0.39, 0.29) is 32.2 Å². The standard InChI is InChI=1S/C32H28N2O4/c33-16-17-34(31(35)37-19-22-9-7-15-24-23-10-2-1-8-21(23)18-29(22)24)32(36)38-20-30-27-13-5-3-11-25(27)26-12-4-6-14-28(26)30/h1-15,30H,16-20,33H2. The lowest BCUT2D eigenvalue weighted by Crippen LogP contribution is -2.41. The van der Waals surface area contributed by atoms with E-state index >= 15 is 0 Å². The van der Waals surface area contributed by atoms with Crippen LogP contribution in [0.1, 0.15) is 33.7 Å². The second-order valence-electron chi connectivity index (χ2n) is 9.58. The highest BCUT2D eigenvalue weighted by atomic mass is 16.6. The first-order chi connectivity index (χ1) is 18.7. The van der Waals surface area contributed by atoms with Crippen molar-refractivity contribution in [2.75, 3.05) is 19.7 Å². The number of amides is 2. The SMILES string of the molecule is NCCN(C(=O)OCc1cccc2c1Cc1ccccc1-2)C(=O)OCC1c2ccccc2-c2ccccc21. The summed E-state index contributed by atoms with van der Waals surface area (Å²) in [6.07, 6.45) is -0.730. The van der Waals surface area contributed by atoms with Crippen molar-refractivity contribution in [3.8, 4) is 22.3 Å². The molecule has 0 unspecified atom stereocenters. The molecule has 2 amide bonds. The molecule has 0 fully saturated rings. The number of nitrogens with zero attached hydrogens (tertiary/aromatic N) is 1. The highest BCUT2D eigenvalue weighted by Gasteiger charge is 2.31. The molecule has 4 aromatic rings. The summed E-state index contributed by atoms with van der Waals surface area (Å²) in [7, 11) is 0. The van der Waals surface area contributed by atoms with E-state index in [1.807, 2.05) is 48.5 Å². The van der Waals surface area contributed by atoms with Crippen molar-refractivity contribution in [1.29, 1.82) is 0 Å². The van der Waals surface area contributed by atoms with Gasteiger partial charge in [-0.25, -0.2) is 14.5 Å². The van der Waals surface area contributed by atoms with Crippen LogP contribution in [0.25, 0.3) is 22.3 Å². The van der Waals surface area contributed by atoms with Gasteiger partial charge in [0.15, 0.2) is 0 Å². The average molecular weight is 505 g/mol. The van der Waals surface area contributed by atoms with Crippen LogP contribution in [-0.2, 0) is 22.5 Å². The molecule has 4 aromatic carbocycles. The zero-order chi connectivity index (χ0) is 26.1. The Labute approximate surface area is 221 Å². The van der Waals surface area contributed by atoms with E-state index in [1.54, 1.807) is 0 Å². The Kier molecular flexibility index (Phi) is 6.40.